The Morgan fingerprint density at radius 1 is 1.07 bits per heavy atom. The monoisotopic (exact) mass is 664 g/mol. The van der Waals surface area contributed by atoms with Crippen molar-refractivity contribution >= 4 is 34.8 Å². The van der Waals surface area contributed by atoms with Gasteiger partial charge in [0, 0.05) is 42.8 Å². The van der Waals surface area contributed by atoms with Crippen molar-refractivity contribution in [3.8, 4) is 28.3 Å². The zero-order valence-corrected chi connectivity index (χ0v) is 26.7. The Morgan fingerprint density at radius 3 is 2.52 bits per heavy atom. The number of aromatic nitrogens is 4. The fourth-order valence-corrected chi connectivity index (χ4v) is 6.38. The minimum Gasteiger partial charge on any atom is -0.508 e. The molecular weight excluding hydrogens is 635 g/mol. The highest BCUT2D eigenvalue weighted by molar-refractivity contribution is 6.39. The first kappa shape index (κ1) is 31.3. The summed E-state index contributed by atoms with van der Waals surface area (Å²) in [6.45, 7) is 0.734. The molecule has 0 saturated heterocycles. The summed E-state index contributed by atoms with van der Waals surface area (Å²) in [7, 11) is 4.19. The number of aliphatic hydroxyl groups is 1. The van der Waals surface area contributed by atoms with Crippen molar-refractivity contribution in [2.75, 3.05) is 25.6 Å². The van der Waals surface area contributed by atoms with Crippen molar-refractivity contribution in [3.05, 3.63) is 102 Å². The van der Waals surface area contributed by atoms with Gasteiger partial charge < -0.3 is 25.2 Å². The number of ether oxygens (including phenoxy) is 2. The Bertz CT molecular complexity index is 2040. The quantitative estimate of drug-likeness (QED) is 0.259. The van der Waals surface area contributed by atoms with Crippen molar-refractivity contribution in [2.45, 2.75) is 25.3 Å². The van der Waals surface area contributed by atoms with E-state index in [0.29, 0.717) is 46.3 Å². The SMILES string of the molecule is COc1nc(-c2cccc(-c3cccc(NC(=O)c4nn(C)c(=O)n(C)c4=O)c3Cl)c2Cl)cc2c1[C@@H](NC1=C(O)COCC1)CC2. The maximum Gasteiger partial charge on any atom is 0.346 e. The zero-order valence-electron chi connectivity index (χ0n) is 25.2. The number of amides is 1. The summed E-state index contributed by atoms with van der Waals surface area (Å²) < 4.78 is 12.8. The third-order valence-electron chi connectivity index (χ3n) is 8.13. The number of anilines is 1. The number of rotatable bonds is 7. The van der Waals surface area contributed by atoms with Gasteiger partial charge in [-0.05, 0) is 30.5 Å². The van der Waals surface area contributed by atoms with Crippen molar-refractivity contribution < 1.29 is 19.4 Å². The highest BCUT2D eigenvalue weighted by Crippen LogP contribution is 2.44. The molecule has 3 N–H and O–H groups in total. The fourth-order valence-electron chi connectivity index (χ4n) is 5.78. The van der Waals surface area contributed by atoms with Gasteiger partial charge in [0.05, 0.1) is 46.9 Å². The van der Waals surface area contributed by atoms with E-state index in [2.05, 4.69) is 15.7 Å². The number of benzene rings is 2. The summed E-state index contributed by atoms with van der Waals surface area (Å²) in [5, 5.41) is 20.8. The maximum absolute atomic E-state index is 13.0. The summed E-state index contributed by atoms with van der Waals surface area (Å²) in [4.78, 5) is 42.4. The van der Waals surface area contributed by atoms with E-state index in [1.165, 1.54) is 14.1 Å². The van der Waals surface area contributed by atoms with Gasteiger partial charge in [-0.25, -0.2) is 14.5 Å². The van der Waals surface area contributed by atoms with Crippen molar-refractivity contribution in [1.82, 2.24) is 24.6 Å². The second-order valence-electron chi connectivity index (χ2n) is 11.0. The van der Waals surface area contributed by atoms with Gasteiger partial charge in [-0.2, -0.15) is 5.10 Å². The molecule has 46 heavy (non-hydrogen) atoms. The Morgan fingerprint density at radius 2 is 1.78 bits per heavy atom. The van der Waals surface area contributed by atoms with Gasteiger partial charge in [-0.1, -0.05) is 53.5 Å². The van der Waals surface area contributed by atoms with E-state index in [4.69, 9.17) is 37.7 Å². The number of carbonyl (C=O) groups excluding carboxylic acids is 1. The molecule has 1 aliphatic heterocycles. The number of pyridine rings is 1. The summed E-state index contributed by atoms with van der Waals surface area (Å²) in [5.74, 6) is -0.139. The van der Waals surface area contributed by atoms with Crippen LogP contribution in [0, 0.1) is 0 Å². The first-order chi connectivity index (χ1) is 22.1. The average Bonchev–Trinajstić information content (AvgIpc) is 3.46. The third-order valence-corrected chi connectivity index (χ3v) is 8.95. The van der Waals surface area contributed by atoms with Crippen molar-refractivity contribution in [1.29, 1.82) is 0 Å². The highest BCUT2D eigenvalue weighted by atomic mass is 35.5. The predicted octanol–water partition coefficient (Wildman–Crippen LogP) is 4.54. The lowest BCUT2D eigenvalue weighted by Crippen LogP contribution is -2.43. The summed E-state index contributed by atoms with van der Waals surface area (Å²) in [5.41, 5.74) is 3.47. The van der Waals surface area contributed by atoms with E-state index in [1.54, 1.807) is 25.3 Å². The highest BCUT2D eigenvalue weighted by Gasteiger charge is 2.30. The molecule has 12 nitrogen and oxygen atoms in total. The molecule has 1 amide bonds. The molecule has 0 saturated carbocycles. The molecule has 3 heterocycles. The topological polar surface area (TPSA) is 150 Å². The number of aliphatic hydroxyl groups excluding tert-OH is 1. The lowest BCUT2D eigenvalue weighted by Gasteiger charge is -2.23. The minimum absolute atomic E-state index is 0.0727. The van der Waals surface area contributed by atoms with Gasteiger partial charge in [0.1, 0.15) is 12.4 Å². The first-order valence-corrected chi connectivity index (χ1v) is 15.2. The van der Waals surface area contributed by atoms with E-state index in [9.17, 15) is 19.5 Å². The smallest absolute Gasteiger partial charge is 0.346 e. The van der Waals surface area contributed by atoms with E-state index in [1.807, 2.05) is 24.3 Å². The molecule has 2 aliphatic rings. The lowest BCUT2D eigenvalue weighted by molar-refractivity contribution is 0.101. The summed E-state index contributed by atoms with van der Waals surface area (Å²) in [6.07, 6.45) is 2.18. The number of nitrogens with zero attached hydrogens (tertiary/aromatic N) is 4. The molecule has 0 unspecified atom stereocenters. The number of carbonyl (C=O) groups is 1. The van der Waals surface area contributed by atoms with Crippen LogP contribution >= 0.6 is 23.2 Å². The van der Waals surface area contributed by atoms with Gasteiger partial charge in [-0.3, -0.25) is 14.2 Å². The van der Waals surface area contributed by atoms with Crippen molar-refractivity contribution in [2.24, 2.45) is 14.1 Å². The number of nitrogens with one attached hydrogen (secondary N) is 2. The maximum atomic E-state index is 13.0. The number of methoxy groups -OCH3 is 1. The van der Waals surface area contributed by atoms with Crippen LogP contribution in [-0.4, -0.2) is 50.7 Å². The Labute approximate surface area is 273 Å². The molecule has 0 bridgehead atoms. The van der Waals surface area contributed by atoms with E-state index >= 15 is 0 Å². The molecule has 4 aromatic rings. The third kappa shape index (κ3) is 5.63. The molecule has 1 atom stereocenters. The largest absolute Gasteiger partial charge is 0.508 e. The van der Waals surface area contributed by atoms with Crippen LogP contribution in [0.5, 0.6) is 5.88 Å². The number of halogens is 2. The number of hydrogen-bond donors (Lipinski definition) is 3. The zero-order chi connectivity index (χ0) is 32.7. The van der Waals surface area contributed by atoms with E-state index < -0.39 is 22.9 Å². The number of fused-ring (bicyclic) bond motifs is 1. The normalized spacial score (nSPS) is 15.9. The average molecular weight is 666 g/mol. The van der Waals surface area contributed by atoms with Gasteiger partial charge in [-0.15, -0.1) is 0 Å². The fraction of sp³-hybridized carbons (Fsp3) is 0.281. The molecule has 0 fully saturated rings. The Balaban J connectivity index is 1.33. The minimum atomic E-state index is -0.832. The standard InChI is InChI=1S/C32H30Cl2N6O6/c1-39-31(43)28(38-40(2)32(39)44)29(42)36-22-9-5-7-18(27(22)34)17-6-4-8-19(26(17)33)23-14-16-10-11-21(25(16)30(37-23)45-3)35-20-12-13-46-15-24(20)41/h4-9,14,21,35,41H,10-13,15H2,1-3H3,(H,36,42)/t21-/m0/s1. The van der Waals surface area contributed by atoms with Crippen LogP contribution in [0.15, 0.2) is 63.5 Å². The van der Waals surface area contributed by atoms with Gasteiger partial charge in [0.2, 0.25) is 11.6 Å². The second kappa shape index (κ2) is 12.6. The number of hydrogen-bond acceptors (Lipinski definition) is 9. The van der Waals surface area contributed by atoms with Crippen LogP contribution in [-0.2, 0) is 25.3 Å². The molecule has 0 radical (unpaired) electrons. The van der Waals surface area contributed by atoms with Crippen LogP contribution in [0.2, 0.25) is 10.0 Å². The van der Waals surface area contributed by atoms with Gasteiger partial charge >= 0.3 is 5.69 Å². The van der Waals surface area contributed by atoms with Gasteiger partial charge in [0.15, 0.2) is 0 Å². The summed E-state index contributed by atoms with van der Waals surface area (Å²) in [6, 6.07) is 12.5. The molecular formula is C32H30Cl2N6O6. The molecule has 14 heteroatoms. The number of aryl methyl sites for hydroxylation is 2. The predicted molar refractivity (Wildman–Crippen MR) is 174 cm³/mol. The van der Waals surface area contributed by atoms with Crippen LogP contribution in [0.4, 0.5) is 5.69 Å². The van der Waals surface area contributed by atoms with Crippen LogP contribution < -0.4 is 26.6 Å². The summed E-state index contributed by atoms with van der Waals surface area (Å²) >= 11 is 13.8. The van der Waals surface area contributed by atoms with E-state index in [-0.39, 0.29) is 29.1 Å². The molecule has 0 spiro atoms. The van der Waals surface area contributed by atoms with Crippen LogP contribution in [0.25, 0.3) is 22.4 Å². The first-order valence-electron chi connectivity index (χ1n) is 14.5. The molecule has 2 aromatic heterocycles. The van der Waals surface area contributed by atoms with Crippen molar-refractivity contribution in [3.63, 3.8) is 0 Å². The Hall–Kier alpha value is -4.65. The second-order valence-corrected chi connectivity index (χ2v) is 11.7. The molecule has 1 aliphatic carbocycles. The molecule has 2 aromatic carbocycles. The molecule has 238 valence electrons. The van der Waals surface area contributed by atoms with Gasteiger partial charge in [0.25, 0.3) is 11.5 Å². The Kier molecular flexibility index (Phi) is 8.60. The lowest BCUT2D eigenvalue weighted by atomic mass is 9.99. The van der Waals surface area contributed by atoms with Crippen LogP contribution in [0.3, 0.4) is 0 Å². The molecule has 6 rings (SSSR count). The van der Waals surface area contributed by atoms with E-state index in [0.717, 1.165) is 38.9 Å². The van der Waals surface area contributed by atoms with Crippen LogP contribution in [0.1, 0.15) is 40.5 Å².